The Labute approximate surface area is 114 Å². The maximum absolute atomic E-state index is 13.3. The van der Waals surface area contributed by atoms with Crippen LogP contribution < -0.4 is 5.73 Å². The smallest absolute Gasteiger partial charge is 0.153 e. The fraction of sp³-hybridized carbons (Fsp3) is 0.0714. The van der Waals surface area contributed by atoms with Gasteiger partial charge in [0, 0.05) is 10.4 Å². The molecular formula is C14H11ClFN3. The predicted molar refractivity (Wildman–Crippen MR) is 74.7 cm³/mol. The van der Waals surface area contributed by atoms with E-state index in [9.17, 15) is 4.39 Å². The lowest BCUT2D eigenvalue weighted by Crippen LogP contribution is -2.02. The van der Waals surface area contributed by atoms with E-state index < -0.39 is 0 Å². The summed E-state index contributed by atoms with van der Waals surface area (Å²) in [6, 6.07) is 11.9. The Kier molecular flexibility index (Phi) is 2.87. The molecule has 0 aliphatic rings. The SMILES string of the molecule is Nc1nn(Cc2cccc(Cl)c2)c2cc(F)ccc12. The minimum Gasteiger partial charge on any atom is -0.382 e. The number of aromatic nitrogens is 2. The van der Waals surface area contributed by atoms with Gasteiger partial charge in [0.05, 0.1) is 12.1 Å². The Balaban J connectivity index is 2.08. The van der Waals surface area contributed by atoms with E-state index >= 15 is 0 Å². The molecule has 2 N–H and O–H groups in total. The van der Waals surface area contributed by atoms with Gasteiger partial charge in [0.15, 0.2) is 5.82 Å². The van der Waals surface area contributed by atoms with Crippen molar-refractivity contribution in [2.24, 2.45) is 0 Å². The number of rotatable bonds is 2. The largest absolute Gasteiger partial charge is 0.382 e. The summed E-state index contributed by atoms with van der Waals surface area (Å²) in [6.45, 7) is 0.498. The molecule has 0 saturated carbocycles. The Hall–Kier alpha value is -2.07. The molecule has 3 nitrogen and oxygen atoms in total. The van der Waals surface area contributed by atoms with Crippen LogP contribution in [0.15, 0.2) is 42.5 Å². The van der Waals surface area contributed by atoms with Gasteiger partial charge in [0.2, 0.25) is 0 Å². The topological polar surface area (TPSA) is 43.8 Å². The summed E-state index contributed by atoms with van der Waals surface area (Å²) in [5.74, 6) is 0.0942. The second-order valence-corrected chi connectivity index (χ2v) is 4.77. The number of halogens is 2. The van der Waals surface area contributed by atoms with Gasteiger partial charge in [-0.1, -0.05) is 23.7 Å². The van der Waals surface area contributed by atoms with Gasteiger partial charge < -0.3 is 5.73 Å². The summed E-state index contributed by atoms with van der Waals surface area (Å²) < 4.78 is 15.0. The van der Waals surface area contributed by atoms with Gasteiger partial charge in [0.1, 0.15) is 5.82 Å². The fourth-order valence-electron chi connectivity index (χ4n) is 2.10. The van der Waals surface area contributed by atoms with Crippen LogP contribution in [0.5, 0.6) is 0 Å². The van der Waals surface area contributed by atoms with E-state index in [0.717, 1.165) is 10.9 Å². The highest BCUT2D eigenvalue weighted by molar-refractivity contribution is 6.30. The zero-order valence-electron chi connectivity index (χ0n) is 9.98. The first-order chi connectivity index (χ1) is 9.13. The molecule has 0 saturated heterocycles. The Morgan fingerprint density at radius 1 is 1.21 bits per heavy atom. The lowest BCUT2D eigenvalue weighted by Gasteiger charge is -2.04. The maximum atomic E-state index is 13.3. The molecule has 0 bridgehead atoms. The van der Waals surface area contributed by atoms with Crippen molar-refractivity contribution in [3.63, 3.8) is 0 Å². The molecule has 0 amide bonds. The van der Waals surface area contributed by atoms with Crippen LogP contribution in [-0.4, -0.2) is 9.78 Å². The zero-order chi connectivity index (χ0) is 13.4. The molecule has 0 aliphatic carbocycles. The quantitative estimate of drug-likeness (QED) is 0.778. The van der Waals surface area contributed by atoms with Crippen molar-refractivity contribution in [2.75, 3.05) is 5.73 Å². The standard InChI is InChI=1S/C14H11ClFN3/c15-10-3-1-2-9(6-10)8-19-13-7-11(16)4-5-12(13)14(17)18-19/h1-7H,8H2,(H2,17,18). The number of nitrogens with two attached hydrogens (primary N) is 1. The lowest BCUT2D eigenvalue weighted by atomic mass is 10.2. The number of nitrogens with zero attached hydrogens (tertiary/aromatic N) is 2. The van der Waals surface area contributed by atoms with Crippen LogP contribution in [0.2, 0.25) is 5.02 Å². The summed E-state index contributed by atoms with van der Waals surface area (Å²) in [6.07, 6.45) is 0. The highest BCUT2D eigenvalue weighted by Gasteiger charge is 2.09. The fourth-order valence-corrected chi connectivity index (χ4v) is 2.31. The molecule has 3 aromatic rings. The van der Waals surface area contributed by atoms with Crippen LogP contribution in [-0.2, 0) is 6.54 Å². The Morgan fingerprint density at radius 3 is 2.84 bits per heavy atom. The molecule has 1 aromatic heterocycles. The average molecular weight is 276 g/mol. The molecule has 0 atom stereocenters. The van der Waals surface area contributed by atoms with Gasteiger partial charge in [-0.15, -0.1) is 0 Å². The molecule has 0 fully saturated rings. The number of benzene rings is 2. The lowest BCUT2D eigenvalue weighted by molar-refractivity contribution is 0.627. The number of hydrogen-bond donors (Lipinski definition) is 1. The predicted octanol–water partition coefficient (Wildman–Crippen LogP) is 3.46. The van der Waals surface area contributed by atoms with E-state index in [-0.39, 0.29) is 5.82 Å². The van der Waals surface area contributed by atoms with Crippen molar-refractivity contribution in [2.45, 2.75) is 6.54 Å². The van der Waals surface area contributed by atoms with Crippen molar-refractivity contribution in [1.29, 1.82) is 0 Å². The summed E-state index contributed by atoms with van der Waals surface area (Å²) in [7, 11) is 0. The molecule has 19 heavy (non-hydrogen) atoms. The second-order valence-electron chi connectivity index (χ2n) is 4.33. The molecule has 0 unspecified atom stereocenters. The zero-order valence-corrected chi connectivity index (χ0v) is 10.7. The number of hydrogen-bond acceptors (Lipinski definition) is 2. The van der Waals surface area contributed by atoms with E-state index in [1.807, 2.05) is 18.2 Å². The van der Waals surface area contributed by atoms with Gasteiger partial charge in [0.25, 0.3) is 0 Å². The van der Waals surface area contributed by atoms with Crippen LogP contribution in [0.3, 0.4) is 0 Å². The molecular weight excluding hydrogens is 265 g/mol. The minimum atomic E-state index is -0.306. The first kappa shape index (κ1) is 12.0. The third kappa shape index (κ3) is 2.27. The third-order valence-electron chi connectivity index (χ3n) is 2.96. The molecule has 0 spiro atoms. The van der Waals surface area contributed by atoms with Crippen LogP contribution >= 0.6 is 11.6 Å². The van der Waals surface area contributed by atoms with Gasteiger partial charge in [-0.25, -0.2) is 4.39 Å². The van der Waals surface area contributed by atoms with Gasteiger partial charge in [-0.2, -0.15) is 5.10 Å². The molecule has 5 heteroatoms. The van der Waals surface area contributed by atoms with Crippen molar-refractivity contribution < 1.29 is 4.39 Å². The number of nitrogen functional groups attached to an aromatic ring is 1. The normalized spacial score (nSPS) is 11.1. The van der Waals surface area contributed by atoms with Crippen LogP contribution in [0.1, 0.15) is 5.56 Å². The summed E-state index contributed by atoms with van der Waals surface area (Å²) >= 11 is 5.95. The van der Waals surface area contributed by atoms with E-state index in [1.54, 1.807) is 16.8 Å². The summed E-state index contributed by atoms with van der Waals surface area (Å²) in [5.41, 5.74) is 7.50. The molecule has 96 valence electrons. The van der Waals surface area contributed by atoms with E-state index in [1.165, 1.54) is 12.1 Å². The van der Waals surface area contributed by atoms with Gasteiger partial charge >= 0.3 is 0 Å². The third-order valence-corrected chi connectivity index (χ3v) is 3.20. The number of anilines is 1. The van der Waals surface area contributed by atoms with Gasteiger partial charge in [-0.3, -0.25) is 4.68 Å². The van der Waals surface area contributed by atoms with E-state index in [2.05, 4.69) is 5.10 Å². The van der Waals surface area contributed by atoms with Crippen LogP contribution in [0.4, 0.5) is 10.2 Å². The Bertz CT molecular complexity index is 752. The number of fused-ring (bicyclic) bond motifs is 1. The van der Waals surface area contributed by atoms with E-state index in [0.29, 0.717) is 22.9 Å². The molecule has 2 aromatic carbocycles. The second kappa shape index (κ2) is 4.55. The van der Waals surface area contributed by atoms with E-state index in [4.69, 9.17) is 17.3 Å². The van der Waals surface area contributed by atoms with Crippen LogP contribution in [0.25, 0.3) is 10.9 Å². The van der Waals surface area contributed by atoms with Crippen LogP contribution in [0, 0.1) is 5.82 Å². The van der Waals surface area contributed by atoms with Crippen molar-refractivity contribution >= 4 is 28.3 Å². The van der Waals surface area contributed by atoms with Gasteiger partial charge in [-0.05, 0) is 35.9 Å². The maximum Gasteiger partial charge on any atom is 0.153 e. The van der Waals surface area contributed by atoms with Crippen molar-refractivity contribution in [3.8, 4) is 0 Å². The highest BCUT2D eigenvalue weighted by Crippen LogP contribution is 2.22. The van der Waals surface area contributed by atoms with Crippen molar-refractivity contribution in [3.05, 3.63) is 58.9 Å². The average Bonchev–Trinajstić information content (AvgIpc) is 2.66. The first-order valence-corrected chi connectivity index (χ1v) is 6.17. The molecule has 3 rings (SSSR count). The Morgan fingerprint density at radius 2 is 2.05 bits per heavy atom. The first-order valence-electron chi connectivity index (χ1n) is 5.79. The minimum absolute atomic E-state index is 0.306. The van der Waals surface area contributed by atoms with Crippen molar-refractivity contribution in [1.82, 2.24) is 9.78 Å². The molecule has 0 aliphatic heterocycles. The summed E-state index contributed by atoms with van der Waals surface area (Å²) in [5, 5.41) is 5.65. The monoisotopic (exact) mass is 275 g/mol. The summed E-state index contributed by atoms with van der Waals surface area (Å²) in [4.78, 5) is 0. The molecule has 1 heterocycles. The highest BCUT2D eigenvalue weighted by atomic mass is 35.5. The molecule has 0 radical (unpaired) electrons.